The van der Waals surface area contributed by atoms with Crippen LogP contribution in [0.5, 0.6) is 0 Å². The second-order valence-corrected chi connectivity index (χ2v) is 6.75. The number of rotatable bonds is 6. The summed E-state index contributed by atoms with van der Waals surface area (Å²) in [7, 11) is 0. The van der Waals surface area contributed by atoms with Gasteiger partial charge in [-0.15, -0.1) is 0 Å². The molecule has 3 heteroatoms. The molecule has 3 nitrogen and oxygen atoms in total. The van der Waals surface area contributed by atoms with Crippen molar-refractivity contribution in [3.8, 4) is 0 Å². The van der Waals surface area contributed by atoms with Crippen LogP contribution in [0.2, 0.25) is 0 Å². The first-order valence-electron chi connectivity index (χ1n) is 7.46. The van der Waals surface area contributed by atoms with E-state index < -0.39 is 0 Å². The minimum absolute atomic E-state index is 0.167. The molecule has 1 saturated heterocycles. The first kappa shape index (κ1) is 15.9. The summed E-state index contributed by atoms with van der Waals surface area (Å²) in [4.78, 5) is 2.60. The van der Waals surface area contributed by atoms with Crippen molar-refractivity contribution in [2.45, 2.75) is 59.1 Å². The van der Waals surface area contributed by atoms with Crippen molar-refractivity contribution in [1.82, 2.24) is 4.90 Å². The third-order valence-electron chi connectivity index (χ3n) is 3.87. The number of hydrogen-bond acceptors (Lipinski definition) is 3. The van der Waals surface area contributed by atoms with Gasteiger partial charge in [0.05, 0.1) is 12.7 Å². The molecule has 108 valence electrons. The van der Waals surface area contributed by atoms with E-state index in [1.807, 2.05) is 0 Å². The van der Waals surface area contributed by atoms with Crippen molar-refractivity contribution in [2.24, 2.45) is 17.6 Å². The lowest BCUT2D eigenvalue weighted by molar-refractivity contribution is -0.0714. The van der Waals surface area contributed by atoms with Crippen LogP contribution in [-0.2, 0) is 4.74 Å². The third-order valence-corrected chi connectivity index (χ3v) is 3.87. The minimum Gasteiger partial charge on any atom is -0.376 e. The zero-order valence-electron chi connectivity index (χ0n) is 12.9. The first-order valence-corrected chi connectivity index (χ1v) is 7.46. The van der Waals surface area contributed by atoms with Crippen molar-refractivity contribution < 1.29 is 4.74 Å². The molecule has 1 aliphatic rings. The Morgan fingerprint density at radius 1 is 1.22 bits per heavy atom. The topological polar surface area (TPSA) is 38.5 Å². The van der Waals surface area contributed by atoms with Crippen LogP contribution in [0.1, 0.15) is 47.5 Å². The van der Waals surface area contributed by atoms with Crippen molar-refractivity contribution >= 4 is 0 Å². The number of nitrogens with two attached hydrogens (primary N) is 1. The Kier molecular flexibility index (Phi) is 6.09. The highest BCUT2D eigenvalue weighted by atomic mass is 16.5. The number of ether oxygens (including phenoxy) is 1. The highest BCUT2D eigenvalue weighted by molar-refractivity contribution is 4.95. The maximum absolute atomic E-state index is 6.20. The van der Waals surface area contributed by atoms with E-state index in [2.05, 4.69) is 39.5 Å². The monoisotopic (exact) mass is 256 g/mol. The Morgan fingerprint density at radius 3 is 2.17 bits per heavy atom. The lowest BCUT2D eigenvalue weighted by Crippen LogP contribution is -2.60. The van der Waals surface area contributed by atoms with Crippen molar-refractivity contribution in [1.29, 1.82) is 0 Å². The van der Waals surface area contributed by atoms with Gasteiger partial charge in [-0.1, -0.05) is 27.7 Å². The van der Waals surface area contributed by atoms with Crippen LogP contribution in [0.3, 0.4) is 0 Å². The molecule has 0 radical (unpaired) electrons. The highest BCUT2D eigenvalue weighted by Crippen LogP contribution is 2.31. The Bertz CT molecular complexity index is 231. The van der Waals surface area contributed by atoms with Crippen molar-refractivity contribution in [3.05, 3.63) is 0 Å². The molecule has 0 bridgehead atoms. The van der Waals surface area contributed by atoms with Crippen LogP contribution in [0, 0.1) is 11.8 Å². The lowest BCUT2D eigenvalue weighted by atomic mass is 9.80. The minimum atomic E-state index is 0.167. The van der Waals surface area contributed by atoms with Gasteiger partial charge >= 0.3 is 0 Å². The molecule has 0 aromatic rings. The number of hydrogen-bond donors (Lipinski definition) is 1. The fourth-order valence-electron chi connectivity index (χ4n) is 3.41. The molecule has 0 spiro atoms. The fourth-order valence-corrected chi connectivity index (χ4v) is 3.41. The molecule has 0 saturated carbocycles. The second-order valence-electron chi connectivity index (χ2n) is 6.75. The Morgan fingerprint density at radius 2 is 1.78 bits per heavy atom. The maximum Gasteiger partial charge on any atom is 0.0674 e. The molecule has 0 aromatic carbocycles. The lowest BCUT2D eigenvalue weighted by Gasteiger charge is -2.48. The summed E-state index contributed by atoms with van der Waals surface area (Å²) in [5, 5.41) is 0. The van der Waals surface area contributed by atoms with Gasteiger partial charge in [-0.05, 0) is 31.6 Å². The zero-order chi connectivity index (χ0) is 13.8. The van der Waals surface area contributed by atoms with Gasteiger partial charge in [0, 0.05) is 25.2 Å². The number of morpholine rings is 1. The summed E-state index contributed by atoms with van der Waals surface area (Å²) < 4.78 is 5.68. The molecule has 0 amide bonds. The van der Waals surface area contributed by atoms with Crippen LogP contribution >= 0.6 is 0 Å². The standard InChI is InChI=1S/C15H32N2O/c1-12(2)8-15(11-16,9-13(3)4)17-6-7-18-14(5)10-17/h12-14H,6-11,16H2,1-5H3. The molecule has 18 heavy (non-hydrogen) atoms. The average molecular weight is 256 g/mol. The molecule has 1 atom stereocenters. The first-order chi connectivity index (χ1) is 8.39. The van der Waals surface area contributed by atoms with Gasteiger partial charge in [0.2, 0.25) is 0 Å². The van der Waals surface area contributed by atoms with Gasteiger partial charge in [-0.2, -0.15) is 0 Å². The van der Waals surface area contributed by atoms with Crippen LogP contribution in [-0.4, -0.2) is 42.8 Å². The van der Waals surface area contributed by atoms with Gasteiger partial charge in [-0.25, -0.2) is 0 Å². The molecule has 1 rings (SSSR count). The predicted octanol–water partition coefficient (Wildman–Crippen LogP) is 2.50. The molecule has 1 unspecified atom stereocenters. The van der Waals surface area contributed by atoms with Gasteiger partial charge in [0.25, 0.3) is 0 Å². The summed E-state index contributed by atoms with van der Waals surface area (Å²) in [6.07, 6.45) is 2.71. The summed E-state index contributed by atoms with van der Waals surface area (Å²) >= 11 is 0. The van der Waals surface area contributed by atoms with Crippen LogP contribution < -0.4 is 5.73 Å². The van der Waals surface area contributed by atoms with E-state index in [9.17, 15) is 0 Å². The molecule has 0 aromatic heterocycles. The number of nitrogens with zero attached hydrogens (tertiary/aromatic N) is 1. The SMILES string of the molecule is CC(C)CC(CN)(CC(C)C)N1CCOC(C)C1. The summed E-state index contributed by atoms with van der Waals surface area (Å²) in [5.41, 5.74) is 6.37. The van der Waals surface area contributed by atoms with Crippen LogP contribution in [0.25, 0.3) is 0 Å². The van der Waals surface area contributed by atoms with E-state index in [0.717, 1.165) is 26.2 Å². The molecule has 1 heterocycles. The zero-order valence-corrected chi connectivity index (χ0v) is 12.9. The van der Waals surface area contributed by atoms with Crippen molar-refractivity contribution in [2.75, 3.05) is 26.2 Å². The molecular formula is C15H32N2O. The van der Waals surface area contributed by atoms with E-state index in [1.54, 1.807) is 0 Å². The molecule has 1 fully saturated rings. The summed E-state index contributed by atoms with van der Waals surface area (Å²) in [6, 6.07) is 0. The van der Waals surface area contributed by atoms with Gasteiger partial charge in [0.15, 0.2) is 0 Å². The second kappa shape index (κ2) is 6.88. The van der Waals surface area contributed by atoms with Gasteiger partial charge < -0.3 is 10.5 Å². The van der Waals surface area contributed by atoms with E-state index in [-0.39, 0.29) is 5.54 Å². The highest BCUT2D eigenvalue weighted by Gasteiger charge is 2.38. The third kappa shape index (κ3) is 4.22. The Hall–Kier alpha value is -0.120. The summed E-state index contributed by atoms with van der Waals surface area (Å²) in [6.45, 7) is 15.0. The largest absolute Gasteiger partial charge is 0.376 e. The Balaban J connectivity index is 2.85. The fraction of sp³-hybridized carbons (Fsp3) is 1.00. The Labute approximate surface area is 113 Å². The predicted molar refractivity (Wildman–Crippen MR) is 77.7 cm³/mol. The average Bonchev–Trinajstić information content (AvgIpc) is 2.26. The smallest absolute Gasteiger partial charge is 0.0674 e. The maximum atomic E-state index is 6.20. The quantitative estimate of drug-likeness (QED) is 0.793. The van der Waals surface area contributed by atoms with Crippen molar-refractivity contribution in [3.63, 3.8) is 0 Å². The van der Waals surface area contributed by atoms with Gasteiger partial charge in [-0.3, -0.25) is 4.90 Å². The van der Waals surface area contributed by atoms with Crippen LogP contribution in [0.4, 0.5) is 0 Å². The van der Waals surface area contributed by atoms with E-state index >= 15 is 0 Å². The van der Waals surface area contributed by atoms with Crippen LogP contribution in [0.15, 0.2) is 0 Å². The molecular weight excluding hydrogens is 224 g/mol. The van der Waals surface area contributed by atoms with E-state index in [1.165, 1.54) is 12.8 Å². The van der Waals surface area contributed by atoms with Gasteiger partial charge in [0.1, 0.15) is 0 Å². The van der Waals surface area contributed by atoms with E-state index in [4.69, 9.17) is 10.5 Å². The van der Waals surface area contributed by atoms with E-state index in [0.29, 0.717) is 17.9 Å². The molecule has 0 aliphatic carbocycles. The normalized spacial score (nSPS) is 23.0. The molecule has 1 aliphatic heterocycles. The summed E-state index contributed by atoms with van der Waals surface area (Å²) in [5.74, 6) is 1.37. The molecule has 2 N–H and O–H groups in total.